The van der Waals surface area contributed by atoms with Crippen LogP contribution in [-0.2, 0) is 0 Å². The molecule has 1 heterocycles. The van der Waals surface area contributed by atoms with Gasteiger partial charge in [-0.05, 0) is 49.1 Å². The van der Waals surface area contributed by atoms with E-state index in [0.717, 1.165) is 12.3 Å². The zero-order chi connectivity index (χ0) is 15.4. The SMILES string of the molecule is C[C@@H]1CCCC[NH+]1C[C@H](O)COc1ccc2ccccc2c1. The van der Waals surface area contributed by atoms with Gasteiger partial charge in [-0.15, -0.1) is 0 Å². The molecule has 3 atom stereocenters. The number of quaternary nitrogens is 1. The number of benzene rings is 2. The average molecular weight is 300 g/mol. The van der Waals surface area contributed by atoms with Gasteiger partial charge in [0.1, 0.15) is 25.0 Å². The molecule has 22 heavy (non-hydrogen) atoms. The van der Waals surface area contributed by atoms with Gasteiger partial charge in [0.25, 0.3) is 0 Å². The molecule has 2 aromatic rings. The van der Waals surface area contributed by atoms with Crippen LogP contribution in [0, 0.1) is 0 Å². The third kappa shape index (κ3) is 3.79. The molecule has 3 heteroatoms. The molecule has 0 spiro atoms. The Balaban J connectivity index is 1.54. The van der Waals surface area contributed by atoms with Crippen molar-refractivity contribution in [2.45, 2.75) is 38.3 Å². The molecule has 3 nitrogen and oxygen atoms in total. The lowest BCUT2D eigenvalue weighted by molar-refractivity contribution is -0.931. The van der Waals surface area contributed by atoms with Crippen LogP contribution in [0.5, 0.6) is 5.75 Å². The number of hydrogen-bond donors (Lipinski definition) is 2. The molecular weight excluding hydrogens is 274 g/mol. The van der Waals surface area contributed by atoms with Gasteiger partial charge in [0.05, 0.1) is 12.6 Å². The zero-order valence-corrected chi connectivity index (χ0v) is 13.3. The topological polar surface area (TPSA) is 33.9 Å². The standard InChI is InChI=1S/C19H25NO2/c1-15-6-4-5-11-20(15)13-18(21)14-22-19-10-9-16-7-2-3-8-17(16)12-19/h2-3,7-10,12,15,18,21H,4-6,11,13-14H2,1H3/p+1/t15-,18+/m1/s1. The van der Waals surface area contributed by atoms with E-state index in [2.05, 4.69) is 25.1 Å². The predicted molar refractivity (Wildman–Crippen MR) is 89.5 cm³/mol. The first-order valence-electron chi connectivity index (χ1n) is 8.36. The predicted octanol–water partition coefficient (Wildman–Crippen LogP) is 2.04. The molecule has 1 aliphatic rings. The second-order valence-corrected chi connectivity index (χ2v) is 6.48. The summed E-state index contributed by atoms with van der Waals surface area (Å²) in [6.45, 7) is 4.61. The molecular formula is C19H26NO2+. The number of piperidine rings is 1. The summed E-state index contributed by atoms with van der Waals surface area (Å²) in [6.07, 6.45) is 3.47. The molecule has 1 fully saturated rings. The van der Waals surface area contributed by atoms with Crippen LogP contribution in [0.15, 0.2) is 42.5 Å². The van der Waals surface area contributed by atoms with Gasteiger partial charge in [-0.3, -0.25) is 0 Å². The normalized spacial score (nSPS) is 23.4. The third-order valence-corrected chi connectivity index (χ3v) is 4.74. The summed E-state index contributed by atoms with van der Waals surface area (Å²) in [6, 6.07) is 15.0. The molecule has 0 saturated carbocycles. The smallest absolute Gasteiger partial charge is 0.137 e. The Morgan fingerprint density at radius 1 is 1.18 bits per heavy atom. The molecule has 3 rings (SSSR count). The monoisotopic (exact) mass is 300 g/mol. The summed E-state index contributed by atoms with van der Waals surface area (Å²) in [5.41, 5.74) is 0. The first-order valence-corrected chi connectivity index (χ1v) is 8.36. The number of aliphatic hydroxyl groups excluding tert-OH is 1. The molecule has 2 aromatic carbocycles. The maximum absolute atomic E-state index is 10.2. The number of ether oxygens (including phenoxy) is 1. The van der Waals surface area contributed by atoms with E-state index >= 15 is 0 Å². The minimum absolute atomic E-state index is 0.370. The van der Waals surface area contributed by atoms with Crippen LogP contribution in [0.2, 0.25) is 0 Å². The van der Waals surface area contributed by atoms with Gasteiger partial charge in [0.2, 0.25) is 0 Å². The van der Waals surface area contributed by atoms with Crippen molar-refractivity contribution in [3.63, 3.8) is 0 Å². The van der Waals surface area contributed by atoms with Crippen molar-refractivity contribution in [3.8, 4) is 5.75 Å². The summed E-state index contributed by atoms with van der Waals surface area (Å²) in [4.78, 5) is 1.51. The van der Waals surface area contributed by atoms with Crippen LogP contribution in [-0.4, -0.2) is 36.9 Å². The number of aliphatic hydroxyl groups is 1. The fourth-order valence-corrected chi connectivity index (χ4v) is 3.37. The fraction of sp³-hybridized carbons (Fsp3) is 0.474. The lowest BCUT2D eigenvalue weighted by Crippen LogP contribution is -3.17. The van der Waals surface area contributed by atoms with E-state index < -0.39 is 6.10 Å². The molecule has 118 valence electrons. The summed E-state index contributed by atoms with van der Waals surface area (Å²) in [5, 5.41) is 12.6. The highest BCUT2D eigenvalue weighted by atomic mass is 16.5. The summed E-state index contributed by atoms with van der Waals surface area (Å²) >= 11 is 0. The Labute approximate surface area is 132 Å². The van der Waals surface area contributed by atoms with Gasteiger partial charge in [-0.25, -0.2) is 0 Å². The fourth-order valence-electron chi connectivity index (χ4n) is 3.37. The molecule has 0 aromatic heterocycles. The van der Waals surface area contributed by atoms with Crippen LogP contribution < -0.4 is 9.64 Å². The van der Waals surface area contributed by atoms with Crippen molar-refractivity contribution in [1.29, 1.82) is 0 Å². The van der Waals surface area contributed by atoms with Crippen molar-refractivity contribution >= 4 is 10.8 Å². The first-order chi connectivity index (χ1) is 10.7. The van der Waals surface area contributed by atoms with E-state index in [1.54, 1.807) is 0 Å². The van der Waals surface area contributed by atoms with Crippen molar-refractivity contribution in [2.24, 2.45) is 0 Å². The summed E-state index contributed by atoms with van der Waals surface area (Å²) < 4.78 is 5.79. The van der Waals surface area contributed by atoms with Crippen molar-refractivity contribution in [3.05, 3.63) is 42.5 Å². The number of hydrogen-bond acceptors (Lipinski definition) is 2. The van der Waals surface area contributed by atoms with Crippen LogP contribution >= 0.6 is 0 Å². The molecule has 1 saturated heterocycles. The zero-order valence-electron chi connectivity index (χ0n) is 13.3. The van der Waals surface area contributed by atoms with Gasteiger partial charge in [0, 0.05) is 0 Å². The molecule has 1 aliphatic heterocycles. The quantitative estimate of drug-likeness (QED) is 0.886. The van der Waals surface area contributed by atoms with Crippen molar-refractivity contribution in [2.75, 3.05) is 19.7 Å². The second-order valence-electron chi connectivity index (χ2n) is 6.48. The molecule has 2 N–H and O–H groups in total. The molecule has 0 radical (unpaired) electrons. The second kappa shape index (κ2) is 7.12. The maximum Gasteiger partial charge on any atom is 0.137 e. The minimum atomic E-state index is -0.401. The number of likely N-dealkylation sites (tertiary alicyclic amines) is 1. The highest BCUT2D eigenvalue weighted by Crippen LogP contribution is 2.20. The van der Waals surface area contributed by atoms with E-state index in [-0.39, 0.29) is 0 Å². The molecule has 1 unspecified atom stereocenters. The number of nitrogens with one attached hydrogen (secondary N) is 1. The van der Waals surface area contributed by atoms with Gasteiger partial charge < -0.3 is 14.7 Å². The van der Waals surface area contributed by atoms with Gasteiger partial charge in [-0.2, -0.15) is 0 Å². The largest absolute Gasteiger partial charge is 0.491 e. The van der Waals surface area contributed by atoms with Gasteiger partial charge in [0.15, 0.2) is 0 Å². The Morgan fingerprint density at radius 3 is 2.82 bits per heavy atom. The molecule has 0 bridgehead atoms. The van der Waals surface area contributed by atoms with Crippen LogP contribution in [0.4, 0.5) is 0 Å². The highest BCUT2D eigenvalue weighted by Gasteiger charge is 2.24. The van der Waals surface area contributed by atoms with Crippen LogP contribution in [0.3, 0.4) is 0 Å². The van der Waals surface area contributed by atoms with Crippen LogP contribution in [0.1, 0.15) is 26.2 Å². The van der Waals surface area contributed by atoms with Gasteiger partial charge in [-0.1, -0.05) is 30.3 Å². The first kappa shape index (κ1) is 15.3. The minimum Gasteiger partial charge on any atom is -0.491 e. The Kier molecular flexibility index (Phi) is 4.96. The Morgan fingerprint density at radius 2 is 2.00 bits per heavy atom. The summed E-state index contributed by atoms with van der Waals surface area (Å²) in [7, 11) is 0. The van der Waals surface area contributed by atoms with E-state index in [4.69, 9.17) is 4.74 Å². The van der Waals surface area contributed by atoms with E-state index in [1.165, 1.54) is 41.5 Å². The van der Waals surface area contributed by atoms with Gasteiger partial charge >= 0.3 is 0 Å². The van der Waals surface area contributed by atoms with Crippen LogP contribution in [0.25, 0.3) is 10.8 Å². The summed E-state index contributed by atoms with van der Waals surface area (Å²) in [5.74, 6) is 0.833. The highest BCUT2D eigenvalue weighted by molar-refractivity contribution is 5.83. The Hall–Kier alpha value is -1.58. The molecule has 0 aliphatic carbocycles. The Bertz CT molecular complexity index is 613. The van der Waals surface area contributed by atoms with E-state index in [9.17, 15) is 5.11 Å². The lowest BCUT2D eigenvalue weighted by atomic mass is 10.0. The number of rotatable bonds is 5. The molecule has 0 amide bonds. The van der Waals surface area contributed by atoms with E-state index in [0.29, 0.717) is 12.6 Å². The van der Waals surface area contributed by atoms with E-state index in [1.807, 2.05) is 24.3 Å². The van der Waals surface area contributed by atoms with Crippen molar-refractivity contribution < 1.29 is 14.7 Å². The number of fused-ring (bicyclic) bond motifs is 1. The maximum atomic E-state index is 10.2. The van der Waals surface area contributed by atoms with Crippen molar-refractivity contribution in [1.82, 2.24) is 0 Å². The lowest BCUT2D eigenvalue weighted by Gasteiger charge is -2.31. The average Bonchev–Trinajstić information content (AvgIpc) is 2.55. The third-order valence-electron chi connectivity index (χ3n) is 4.74.